The minimum atomic E-state index is -0.579. The molecular formula is C18H27N3O2. The molecule has 0 spiro atoms. The molecule has 1 aromatic rings. The fourth-order valence-corrected chi connectivity index (χ4v) is 3.84. The summed E-state index contributed by atoms with van der Waals surface area (Å²) in [6, 6.07) is 4.06. The van der Waals surface area contributed by atoms with E-state index in [2.05, 4.69) is 9.88 Å². The number of hydrogen-bond acceptors (Lipinski definition) is 4. The van der Waals surface area contributed by atoms with Crippen LogP contribution < -0.4 is 10.6 Å². The van der Waals surface area contributed by atoms with Gasteiger partial charge in [-0.3, -0.25) is 4.79 Å². The van der Waals surface area contributed by atoms with Crippen LogP contribution in [0.2, 0.25) is 0 Å². The van der Waals surface area contributed by atoms with Crippen molar-refractivity contribution in [2.75, 3.05) is 18.0 Å². The van der Waals surface area contributed by atoms with Crippen LogP contribution in [0.4, 0.5) is 5.82 Å². The van der Waals surface area contributed by atoms with E-state index in [9.17, 15) is 9.90 Å². The molecule has 0 bridgehead atoms. The van der Waals surface area contributed by atoms with Crippen LogP contribution >= 0.6 is 0 Å². The first kappa shape index (κ1) is 16.2. The SMILES string of the molecule is CC1(O)CCC(c2ccc(N3CCCCC3)nc2C(N)=O)CC1. The van der Waals surface area contributed by atoms with Crippen LogP contribution in [0, 0.1) is 0 Å². The lowest BCUT2D eigenvalue weighted by Crippen LogP contribution is -2.32. The minimum Gasteiger partial charge on any atom is -0.390 e. The van der Waals surface area contributed by atoms with Crippen LogP contribution in [0.5, 0.6) is 0 Å². The van der Waals surface area contributed by atoms with Gasteiger partial charge in [-0.25, -0.2) is 4.98 Å². The summed E-state index contributed by atoms with van der Waals surface area (Å²) in [6.07, 6.45) is 6.86. The summed E-state index contributed by atoms with van der Waals surface area (Å²) in [6.45, 7) is 3.88. The monoisotopic (exact) mass is 317 g/mol. The molecule has 0 atom stereocenters. The van der Waals surface area contributed by atoms with Crippen molar-refractivity contribution < 1.29 is 9.90 Å². The molecule has 23 heavy (non-hydrogen) atoms. The highest BCUT2D eigenvalue weighted by Crippen LogP contribution is 2.39. The average molecular weight is 317 g/mol. The zero-order valence-electron chi connectivity index (χ0n) is 13.9. The highest BCUT2D eigenvalue weighted by molar-refractivity contribution is 5.93. The van der Waals surface area contributed by atoms with Gasteiger partial charge in [0, 0.05) is 13.1 Å². The predicted molar refractivity (Wildman–Crippen MR) is 90.7 cm³/mol. The van der Waals surface area contributed by atoms with E-state index in [4.69, 9.17) is 5.73 Å². The molecule has 2 fully saturated rings. The molecule has 5 nitrogen and oxygen atoms in total. The first-order valence-corrected chi connectivity index (χ1v) is 8.74. The molecule has 1 saturated heterocycles. The molecule has 1 aliphatic heterocycles. The van der Waals surface area contributed by atoms with E-state index in [1.165, 1.54) is 19.3 Å². The zero-order chi connectivity index (χ0) is 16.4. The van der Waals surface area contributed by atoms with Gasteiger partial charge in [0.15, 0.2) is 0 Å². The third-order valence-corrected chi connectivity index (χ3v) is 5.33. The number of piperidine rings is 1. The van der Waals surface area contributed by atoms with E-state index in [0.29, 0.717) is 5.69 Å². The van der Waals surface area contributed by atoms with E-state index in [1.807, 2.05) is 19.1 Å². The van der Waals surface area contributed by atoms with Gasteiger partial charge in [0.2, 0.25) is 0 Å². The highest BCUT2D eigenvalue weighted by Gasteiger charge is 2.31. The standard InChI is InChI=1S/C18H27N3O2/c1-18(23)9-7-13(8-10-18)14-5-6-15(20-16(14)17(19)22)21-11-3-2-4-12-21/h5-6,13,23H,2-4,7-12H2,1H3,(H2,19,22). The Bertz CT molecular complexity index is 570. The topological polar surface area (TPSA) is 79.4 Å². The van der Waals surface area contributed by atoms with E-state index in [-0.39, 0.29) is 5.92 Å². The number of carbonyl (C=O) groups excluding carboxylic acids is 1. The molecule has 1 amide bonds. The van der Waals surface area contributed by atoms with Crippen molar-refractivity contribution in [1.29, 1.82) is 0 Å². The number of hydrogen-bond donors (Lipinski definition) is 2. The summed E-state index contributed by atoms with van der Waals surface area (Å²) in [5, 5.41) is 10.1. The molecule has 1 saturated carbocycles. The molecule has 1 aromatic heterocycles. The Labute approximate surface area is 137 Å². The normalized spacial score (nSPS) is 28.6. The van der Waals surface area contributed by atoms with E-state index in [0.717, 1.165) is 50.2 Å². The maximum absolute atomic E-state index is 11.9. The zero-order valence-corrected chi connectivity index (χ0v) is 13.9. The van der Waals surface area contributed by atoms with E-state index in [1.54, 1.807) is 0 Å². The van der Waals surface area contributed by atoms with Crippen molar-refractivity contribution in [2.45, 2.75) is 63.4 Å². The third kappa shape index (κ3) is 3.66. The van der Waals surface area contributed by atoms with Crippen molar-refractivity contribution in [1.82, 2.24) is 4.98 Å². The second kappa shape index (κ2) is 6.48. The van der Waals surface area contributed by atoms with Crippen molar-refractivity contribution in [3.05, 3.63) is 23.4 Å². The van der Waals surface area contributed by atoms with Crippen LogP contribution in [-0.4, -0.2) is 34.7 Å². The van der Waals surface area contributed by atoms with Gasteiger partial charge in [0.05, 0.1) is 5.60 Å². The number of nitrogens with zero attached hydrogens (tertiary/aromatic N) is 2. The number of aliphatic hydroxyl groups is 1. The van der Waals surface area contributed by atoms with E-state index < -0.39 is 11.5 Å². The maximum atomic E-state index is 11.9. The van der Waals surface area contributed by atoms with Crippen LogP contribution in [0.3, 0.4) is 0 Å². The Kier molecular flexibility index (Phi) is 4.57. The van der Waals surface area contributed by atoms with E-state index >= 15 is 0 Å². The summed E-state index contributed by atoms with van der Waals surface area (Å²) in [7, 11) is 0. The second-order valence-electron chi connectivity index (χ2n) is 7.29. The van der Waals surface area contributed by atoms with Gasteiger partial charge in [0.1, 0.15) is 11.5 Å². The molecule has 1 aliphatic carbocycles. The quantitative estimate of drug-likeness (QED) is 0.898. The molecular weight excluding hydrogens is 290 g/mol. The van der Waals surface area contributed by atoms with Crippen molar-refractivity contribution >= 4 is 11.7 Å². The van der Waals surface area contributed by atoms with Crippen LogP contribution in [-0.2, 0) is 0 Å². The molecule has 2 heterocycles. The first-order chi connectivity index (χ1) is 11.0. The molecule has 3 N–H and O–H groups in total. The number of pyridine rings is 1. The Hall–Kier alpha value is -1.62. The smallest absolute Gasteiger partial charge is 0.267 e. The largest absolute Gasteiger partial charge is 0.390 e. The third-order valence-electron chi connectivity index (χ3n) is 5.33. The molecule has 2 aliphatic rings. The van der Waals surface area contributed by atoms with Gasteiger partial charge in [-0.1, -0.05) is 6.07 Å². The fourth-order valence-electron chi connectivity index (χ4n) is 3.84. The number of primary amides is 1. The number of rotatable bonds is 3. The van der Waals surface area contributed by atoms with Crippen molar-refractivity contribution in [3.8, 4) is 0 Å². The van der Waals surface area contributed by atoms with Crippen molar-refractivity contribution in [2.24, 2.45) is 5.73 Å². The number of nitrogens with two attached hydrogens (primary N) is 1. The van der Waals surface area contributed by atoms with Gasteiger partial charge >= 0.3 is 0 Å². The first-order valence-electron chi connectivity index (χ1n) is 8.74. The molecule has 5 heteroatoms. The van der Waals surface area contributed by atoms with Gasteiger partial charge in [-0.15, -0.1) is 0 Å². The Morgan fingerprint density at radius 1 is 1.26 bits per heavy atom. The summed E-state index contributed by atoms with van der Waals surface area (Å²) in [5.74, 6) is 0.682. The Morgan fingerprint density at radius 3 is 2.52 bits per heavy atom. The minimum absolute atomic E-state index is 0.264. The van der Waals surface area contributed by atoms with Gasteiger partial charge < -0.3 is 15.7 Å². The number of aromatic nitrogens is 1. The highest BCUT2D eigenvalue weighted by atomic mass is 16.3. The molecule has 0 radical (unpaired) electrons. The van der Waals surface area contributed by atoms with Crippen LogP contribution in [0.25, 0.3) is 0 Å². The maximum Gasteiger partial charge on any atom is 0.267 e. The lowest BCUT2D eigenvalue weighted by molar-refractivity contribution is 0.0171. The van der Waals surface area contributed by atoms with Gasteiger partial charge in [-0.2, -0.15) is 0 Å². The lowest BCUT2D eigenvalue weighted by atomic mass is 9.76. The van der Waals surface area contributed by atoms with Gasteiger partial charge in [-0.05, 0) is 69.4 Å². The molecule has 126 valence electrons. The summed E-state index contributed by atoms with van der Waals surface area (Å²) < 4.78 is 0. The van der Waals surface area contributed by atoms with Crippen LogP contribution in [0.15, 0.2) is 12.1 Å². The summed E-state index contributed by atoms with van der Waals surface area (Å²) >= 11 is 0. The van der Waals surface area contributed by atoms with Crippen molar-refractivity contribution in [3.63, 3.8) is 0 Å². The fraction of sp³-hybridized carbons (Fsp3) is 0.667. The number of anilines is 1. The van der Waals surface area contributed by atoms with Gasteiger partial charge in [0.25, 0.3) is 5.91 Å². The Morgan fingerprint density at radius 2 is 1.91 bits per heavy atom. The number of amides is 1. The molecule has 3 rings (SSSR count). The average Bonchev–Trinajstić information content (AvgIpc) is 2.55. The Balaban J connectivity index is 1.84. The predicted octanol–water partition coefficient (Wildman–Crippen LogP) is 2.58. The lowest BCUT2D eigenvalue weighted by Gasteiger charge is -2.34. The summed E-state index contributed by atoms with van der Waals surface area (Å²) in [4.78, 5) is 18.8. The van der Waals surface area contributed by atoms with Crippen LogP contribution in [0.1, 0.15) is 73.8 Å². The number of carbonyl (C=O) groups is 1. The second-order valence-corrected chi connectivity index (χ2v) is 7.29. The molecule has 0 aromatic carbocycles. The summed E-state index contributed by atoms with van der Waals surface area (Å²) in [5.41, 5.74) is 6.39. The molecule has 0 unspecified atom stereocenters.